The molecular formula is C15H12N2O2. The Labute approximate surface area is 109 Å². The van der Waals surface area contributed by atoms with Crippen molar-refractivity contribution in [3.63, 3.8) is 0 Å². The summed E-state index contributed by atoms with van der Waals surface area (Å²) in [6.07, 6.45) is 1.26. The molecule has 0 radical (unpaired) electrons. The van der Waals surface area contributed by atoms with Gasteiger partial charge in [-0.05, 0) is 17.7 Å². The van der Waals surface area contributed by atoms with Crippen molar-refractivity contribution in [1.29, 1.82) is 0 Å². The normalized spacial score (nSPS) is 10.5. The average Bonchev–Trinajstić information content (AvgIpc) is 2.45. The molecule has 0 atom stereocenters. The predicted octanol–water partition coefficient (Wildman–Crippen LogP) is 2.50. The number of aromatic amines is 1. The highest BCUT2D eigenvalue weighted by Gasteiger charge is 2.04. The highest BCUT2D eigenvalue weighted by molar-refractivity contribution is 5.80. The Morgan fingerprint density at radius 2 is 1.89 bits per heavy atom. The van der Waals surface area contributed by atoms with E-state index in [0.717, 1.165) is 5.56 Å². The van der Waals surface area contributed by atoms with E-state index in [1.54, 1.807) is 6.07 Å². The van der Waals surface area contributed by atoms with Gasteiger partial charge in [0.25, 0.3) is 5.56 Å². The molecule has 2 aromatic carbocycles. The van der Waals surface area contributed by atoms with E-state index >= 15 is 0 Å². The largest absolute Gasteiger partial charge is 0.487 e. The number of rotatable bonds is 3. The van der Waals surface area contributed by atoms with E-state index in [1.165, 1.54) is 6.20 Å². The molecule has 0 spiro atoms. The minimum atomic E-state index is -0.215. The first-order valence-corrected chi connectivity index (χ1v) is 5.98. The molecule has 0 aliphatic heterocycles. The van der Waals surface area contributed by atoms with Crippen molar-refractivity contribution in [3.8, 4) is 5.75 Å². The van der Waals surface area contributed by atoms with Gasteiger partial charge in [-0.1, -0.05) is 36.4 Å². The van der Waals surface area contributed by atoms with Crippen molar-refractivity contribution in [3.05, 3.63) is 70.6 Å². The van der Waals surface area contributed by atoms with Crippen molar-refractivity contribution in [2.45, 2.75) is 6.61 Å². The monoisotopic (exact) mass is 252 g/mol. The molecule has 1 heterocycles. The van der Waals surface area contributed by atoms with Crippen LogP contribution in [0.15, 0.2) is 59.5 Å². The highest BCUT2D eigenvalue weighted by Crippen LogP contribution is 2.21. The fourth-order valence-corrected chi connectivity index (χ4v) is 1.90. The van der Waals surface area contributed by atoms with Crippen LogP contribution in [0.1, 0.15) is 5.56 Å². The second-order valence-electron chi connectivity index (χ2n) is 4.17. The molecule has 0 bridgehead atoms. The van der Waals surface area contributed by atoms with E-state index in [2.05, 4.69) is 9.97 Å². The van der Waals surface area contributed by atoms with Crippen LogP contribution in [0.4, 0.5) is 0 Å². The molecule has 0 aliphatic carbocycles. The van der Waals surface area contributed by atoms with Gasteiger partial charge in [0.15, 0.2) is 0 Å². The molecule has 0 saturated carbocycles. The van der Waals surface area contributed by atoms with Gasteiger partial charge in [-0.15, -0.1) is 0 Å². The molecule has 4 nitrogen and oxygen atoms in total. The van der Waals surface area contributed by atoms with E-state index in [0.29, 0.717) is 23.4 Å². The third-order valence-corrected chi connectivity index (χ3v) is 2.80. The van der Waals surface area contributed by atoms with Crippen LogP contribution >= 0.6 is 0 Å². The van der Waals surface area contributed by atoms with Crippen LogP contribution in [-0.2, 0) is 6.61 Å². The number of para-hydroxylation sites is 1. The van der Waals surface area contributed by atoms with Gasteiger partial charge in [-0.2, -0.15) is 0 Å². The molecule has 1 aromatic heterocycles. The lowest BCUT2D eigenvalue weighted by molar-refractivity contribution is 0.309. The zero-order valence-corrected chi connectivity index (χ0v) is 10.2. The van der Waals surface area contributed by atoms with Gasteiger partial charge in [-0.25, -0.2) is 4.98 Å². The molecule has 4 heteroatoms. The first-order valence-electron chi connectivity index (χ1n) is 5.98. The molecule has 0 unspecified atom stereocenters. The second kappa shape index (κ2) is 4.94. The van der Waals surface area contributed by atoms with Crippen molar-refractivity contribution in [2.24, 2.45) is 0 Å². The van der Waals surface area contributed by atoms with Crippen LogP contribution in [0.25, 0.3) is 11.0 Å². The maximum absolute atomic E-state index is 11.2. The first-order chi connectivity index (χ1) is 9.33. The standard InChI is InChI=1S/C15H12N2O2/c18-14-9-16-15-12(17-14)7-4-8-13(15)19-10-11-5-2-1-3-6-11/h1-9H,10H2,(H,17,18). The molecule has 0 fully saturated rings. The summed E-state index contributed by atoms with van der Waals surface area (Å²) in [7, 11) is 0. The molecule has 1 N–H and O–H groups in total. The van der Waals surface area contributed by atoms with Crippen LogP contribution in [0.2, 0.25) is 0 Å². The Morgan fingerprint density at radius 1 is 1.05 bits per heavy atom. The fraction of sp³-hybridized carbons (Fsp3) is 0.0667. The van der Waals surface area contributed by atoms with Gasteiger partial charge >= 0.3 is 0 Å². The highest BCUT2D eigenvalue weighted by atomic mass is 16.5. The number of nitrogens with one attached hydrogen (secondary N) is 1. The summed E-state index contributed by atoms with van der Waals surface area (Å²) in [5.41, 5.74) is 2.22. The Balaban J connectivity index is 1.91. The zero-order valence-electron chi connectivity index (χ0n) is 10.2. The Hall–Kier alpha value is -2.62. The summed E-state index contributed by atoms with van der Waals surface area (Å²) < 4.78 is 5.76. The van der Waals surface area contributed by atoms with Crippen LogP contribution in [0.3, 0.4) is 0 Å². The molecule has 0 amide bonds. The third kappa shape index (κ3) is 2.47. The Kier molecular flexibility index (Phi) is 2.98. The number of hydrogen-bond donors (Lipinski definition) is 1. The molecule has 0 saturated heterocycles. The summed E-state index contributed by atoms with van der Waals surface area (Å²) in [5.74, 6) is 0.664. The molecular weight excluding hydrogens is 240 g/mol. The molecule has 3 rings (SSSR count). The SMILES string of the molecule is O=c1cnc2c(OCc3ccccc3)cccc2[nH]1. The fourth-order valence-electron chi connectivity index (χ4n) is 1.90. The lowest BCUT2D eigenvalue weighted by atomic mass is 10.2. The number of fused-ring (bicyclic) bond motifs is 1. The third-order valence-electron chi connectivity index (χ3n) is 2.80. The van der Waals surface area contributed by atoms with Crippen molar-refractivity contribution < 1.29 is 4.74 Å². The van der Waals surface area contributed by atoms with Crippen LogP contribution < -0.4 is 10.3 Å². The molecule has 19 heavy (non-hydrogen) atoms. The molecule has 3 aromatic rings. The van der Waals surface area contributed by atoms with Crippen LogP contribution in [0, 0.1) is 0 Å². The maximum atomic E-state index is 11.2. The lowest BCUT2D eigenvalue weighted by Crippen LogP contribution is -2.06. The number of hydrogen-bond acceptors (Lipinski definition) is 3. The Bertz CT molecular complexity index is 751. The van der Waals surface area contributed by atoms with Gasteiger partial charge in [-0.3, -0.25) is 4.79 Å². The van der Waals surface area contributed by atoms with Gasteiger partial charge in [0, 0.05) is 0 Å². The summed E-state index contributed by atoms with van der Waals surface area (Å²) in [6, 6.07) is 15.4. The van der Waals surface area contributed by atoms with Crippen LogP contribution in [-0.4, -0.2) is 9.97 Å². The van der Waals surface area contributed by atoms with E-state index in [9.17, 15) is 4.79 Å². The number of nitrogens with zero attached hydrogens (tertiary/aromatic N) is 1. The minimum Gasteiger partial charge on any atom is -0.487 e. The average molecular weight is 252 g/mol. The summed E-state index contributed by atoms with van der Waals surface area (Å²) in [4.78, 5) is 18.1. The number of ether oxygens (including phenoxy) is 1. The van der Waals surface area contributed by atoms with E-state index < -0.39 is 0 Å². The second-order valence-corrected chi connectivity index (χ2v) is 4.17. The summed E-state index contributed by atoms with van der Waals surface area (Å²) in [6.45, 7) is 0.473. The van der Waals surface area contributed by atoms with Gasteiger partial charge in [0.1, 0.15) is 17.9 Å². The summed E-state index contributed by atoms with van der Waals surface area (Å²) in [5, 5.41) is 0. The number of H-pyrrole nitrogens is 1. The Morgan fingerprint density at radius 3 is 2.74 bits per heavy atom. The topological polar surface area (TPSA) is 55.0 Å². The van der Waals surface area contributed by atoms with Gasteiger partial charge in [0.2, 0.25) is 0 Å². The predicted molar refractivity (Wildman–Crippen MR) is 73.1 cm³/mol. The molecule has 0 aliphatic rings. The minimum absolute atomic E-state index is 0.215. The summed E-state index contributed by atoms with van der Waals surface area (Å²) >= 11 is 0. The van der Waals surface area contributed by atoms with E-state index in [4.69, 9.17) is 4.74 Å². The van der Waals surface area contributed by atoms with E-state index in [-0.39, 0.29) is 5.56 Å². The quantitative estimate of drug-likeness (QED) is 0.779. The van der Waals surface area contributed by atoms with Gasteiger partial charge < -0.3 is 9.72 Å². The lowest BCUT2D eigenvalue weighted by Gasteiger charge is -2.08. The van der Waals surface area contributed by atoms with Gasteiger partial charge in [0.05, 0.1) is 11.7 Å². The number of aromatic nitrogens is 2. The maximum Gasteiger partial charge on any atom is 0.266 e. The van der Waals surface area contributed by atoms with Crippen molar-refractivity contribution in [2.75, 3.05) is 0 Å². The number of benzene rings is 2. The molecule has 94 valence electrons. The van der Waals surface area contributed by atoms with Crippen molar-refractivity contribution in [1.82, 2.24) is 9.97 Å². The van der Waals surface area contributed by atoms with Crippen molar-refractivity contribution >= 4 is 11.0 Å². The van der Waals surface area contributed by atoms with Crippen LogP contribution in [0.5, 0.6) is 5.75 Å². The van der Waals surface area contributed by atoms with E-state index in [1.807, 2.05) is 42.5 Å². The smallest absolute Gasteiger partial charge is 0.266 e. The first kappa shape index (κ1) is 11.5. The zero-order chi connectivity index (χ0) is 13.1.